The summed E-state index contributed by atoms with van der Waals surface area (Å²) < 4.78 is 31.6. The zero-order chi connectivity index (χ0) is 21.4. The summed E-state index contributed by atoms with van der Waals surface area (Å²) in [5, 5.41) is 13.3. The Morgan fingerprint density at radius 1 is 1.24 bits per heavy atom. The Morgan fingerprint density at radius 2 is 1.97 bits per heavy atom. The van der Waals surface area contributed by atoms with Crippen LogP contribution in [0, 0.1) is 13.8 Å². The summed E-state index contributed by atoms with van der Waals surface area (Å²) in [4.78, 5) is 13.0. The maximum absolute atomic E-state index is 13.0. The third-order valence-corrected chi connectivity index (χ3v) is 8.93. The van der Waals surface area contributed by atoms with Crippen molar-refractivity contribution >= 4 is 15.7 Å². The number of carbonyl (C=O) groups excluding carboxylic acids is 1. The zero-order valence-corrected chi connectivity index (χ0v) is 18.6. The molecular formula is C22H33NO5S. The fourth-order valence-electron chi connectivity index (χ4n) is 4.89. The quantitative estimate of drug-likeness (QED) is 0.658. The number of unbranched alkanes of at least 4 members (excludes halogenated alkanes) is 1. The summed E-state index contributed by atoms with van der Waals surface area (Å²) in [5.41, 5.74) is -0.331. The highest BCUT2D eigenvalue weighted by atomic mass is 32.2. The molecule has 1 heterocycles. The van der Waals surface area contributed by atoms with Gasteiger partial charge >= 0.3 is 0 Å². The van der Waals surface area contributed by atoms with Crippen LogP contribution < -0.4 is 10.1 Å². The molecule has 7 heteroatoms. The highest BCUT2D eigenvalue weighted by Crippen LogP contribution is 2.50. The van der Waals surface area contributed by atoms with Gasteiger partial charge in [0.25, 0.3) is 5.91 Å². The van der Waals surface area contributed by atoms with E-state index >= 15 is 0 Å². The van der Waals surface area contributed by atoms with Gasteiger partial charge in [-0.1, -0.05) is 38.0 Å². The van der Waals surface area contributed by atoms with Gasteiger partial charge in [-0.05, 0) is 57.6 Å². The smallest absolute Gasteiger partial charge is 0.267 e. The SMILES string of the molecule is CCCCC1(Oc2ccc(C)cc2C)C(=O)NC12CC(S(=O)(=O)CC)CCC2O. The molecule has 1 saturated heterocycles. The van der Waals surface area contributed by atoms with E-state index in [0.717, 1.165) is 24.0 Å². The molecule has 1 aromatic carbocycles. The number of carbonyl (C=O) groups is 1. The number of hydrogen-bond donors (Lipinski definition) is 2. The Bertz CT molecular complexity index is 883. The van der Waals surface area contributed by atoms with Crippen LogP contribution in [-0.4, -0.2) is 47.7 Å². The second kappa shape index (κ2) is 7.91. The van der Waals surface area contributed by atoms with Gasteiger partial charge in [0.15, 0.2) is 9.84 Å². The normalized spacial score (nSPS) is 32.0. The second-order valence-corrected chi connectivity index (χ2v) is 11.2. The molecule has 2 N–H and O–H groups in total. The number of rotatable bonds is 7. The molecule has 1 saturated carbocycles. The zero-order valence-electron chi connectivity index (χ0n) is 17.8. The lowest BCUT2D eigenvalue weighted by molar-refractivity contribution is -0.193. The van der Waals surface area contributed by atoms with Gasteiger partial charge in [0, 0.05) is 5.75 Å². The van der Waals surface area contributed by atoms with Gasteiger partial charge in [-0.15, -0.1) is 0 Å². The average Bonchev–Trinajstić information content (AvgIpc) is 2.68. The van der Waals surface area contributed by atoms with Gasteiger partial charge in [-0.2, -0.15) is 0 Å². The van der Waals surface area contributed by atoms with Gasteiger partial charge in [0.1, 0.15) is 11.3 Å². The molecule has 1 amide bonds. The van der Waals surface area contributed by atoms with E-state index in [1.54, 1.807) is 6.92 Å². The monoisotopic (exact) mass is 423 g/mol. The number of sulfone groups is 1. The minimum atomic E-state index is -3.28. The number of nitrogens with one attached hydrogen (secondary N) is 1. The van der Waals surface area contributed by atoms with Crippen molar-refractivity contribution in [1.29, 1.82) is 0 Å². The number of aliphatic hydroxyl groups excluding tert-OH is 1. The van der Waals surface area contributed by atoms with E-state index in [9.17, 15) is 18.3 Å². The van der Waals surface area contributed by atoms with E-state index in [-0.39, 0.29) is 18.1 Å². The van der Waals surface area contributed by atoms with Crippen LogP contribution in [0.2, 0.25) is 0 Å². The Kier molecular flexibility index (Phi) is 6.03. The second-order valence-electron chi connectivity index (χ2n) is 8.60. The maximum atomic E-state index is 13.0. The summed E-state index contributed by atoms with van der Waals surface area (Å²) in [5.74, 6) is 0.394. The van der Waals surface area contributed by atoms with E-state index in [2.05, 4.69) is 5.32 Å². The third-order valence-electron chi connectivity index (χ3n) is 6.71. The lowest BCUT2D eigenvalue weighted by Crippen LogP contribution is -2.88. The van der Waals surface area contributed by atoms with E-state index in [4.69, 9.17) is 4.74 Å². The number of amides is 1. The lowest BCUT2D eigenvalue weighted by Gasteiger charge is -2.62. The van der Waals surface area contributed by atoms with E-state index < -0.39 is 32.3 Å². The Hall–Kier alpha value is -1.60. The first-order chi connectivity index (χ1) is 13.6. The molecule has 0 radical (unpaired) electrons. The van der Waals surface area contributed by atoms with Crippen LogP contribution >= 0.6 is 0 Å². The highest BCUT2D eigenvalue weighted by Gasteiger charge is 2.72. The van der Waals surface area contributed by atoms with Crippen molar-refractivity contribution < 1.29 is 23.1 Å². The predicted octanol–water partition coefficient (Wildman–Crippen LogP) is 2.83. The van der Waals surface area contributed by atoms with Gasteiger partial charge in [0.05, 0.1) is 11.4 Å². The number of aryl methyl sites for hydroxylation is 2. The summed E-state index contributed by atoms with van der Waals surface area (Å²) in [6, 6.07) is 5.78. The molecule has 1 aliphatic carbocycles. The first kappa shape index (κ1) is 22.1. The highest BCUT2D eigenvalue weighted by molar-refractivity contribution is 7.92. The van der Waals surface area contributed by atoms with Crippen molar-refractivity contribution in [2.75, 3.05) is 5.75 Å². The minimum absolute atomic E-state index is 0.0532. The first-order valence-corrected chi connectivity index (χ1v) is 12.3. The van der Waals surface area contributed by atoms with Gasteiger partial charge < -0.3 is 15.2 Å². The molecule has 1 spiro atoms. The van der Waals surface area contributed by atoms with Crippen LogP contribution in [0.25, 0.3) is 0 Å². The summed E-state index contributed by atoms with van der Waals surface area (Å²) in [6.07, 6.45) is 2.14. The molecule has 0 bridgehead atoms. The lowest BCUT2D eigenvalue weighted by atomic mass is 9.60. The number of ether oxygens (including phenoxy) is 1. The van der Waals surface area contributed by atoms with Gasteiger partial charge in [-0.25, -0.2) is 8.42 Å². The van der Waals surface area contributed by atoms with Gasteiger partial charge in [-0.3, -0.25) is 4.79 Å². The van der Waals surface area contributed by atoms with E-state index in [0.29, 0.717) is 25.0 Å². The summed E-state index contributed by atoms with van der Waals surface area (Å²) in [7, 11) is -3.28. The molecule has 0 aromatic heterocycles. The van der Waals surface area contributed by atoms with Crippen molar-refractivity contribution in [3.05, 3.63) is 29.3 Å². The molecule has 1 aromatic rings. The molecule has 162 valence electrons. The topological polar surface area (TPSA) is 92.7 Å². The largest absolute Gasteiger partial charge is 0.475 e. The van der Waals surface area contributed by atoms with Crippen LogP contribution in [0.5, 0.6) is 5.75 Å². The molecule has 1 aliphatic heterocycles. The van der Waals surface area contributed by atoms with Crippen molar-refractivity contribution in [2.24, 2.45) is 0 Å². The number of aliphatic hydroxyl groups is 1. The fraction of sp³-hybridized carbons (Fsp3) is 0.682. The van der Waals surface area contributed by atoms with Crippen molar-refractivity contribution in [3.8, 4) is 5.75 Å². The van der Waals surface area contributed by atoms with Crippen molar-refractivity contribution in [1.82, 2.24) is 5.32 Å². The van der Waals surface area contributed by atoms with Crippen LogP contribution in [0.1, 0.15) is 63.5 Å². The molecule has 4 atom stereocenters. The summed E-state index contributed by atoms with van der Waals surface area (Å²) >= 11 is 0. The minimum Gasteiger partial charge on any atom is -0.475 e. The molecule has 4 unspecified atom stereocenters. The predicted molar refractivity (Wildman–Crippen MR) is 113 cm³/mol. The third kappa shape index (κ3) is 3.56. The Balaban J connectivity index is 2.04. The van der Waals surface area contributed by atoms with E-state index in [1.807, 2.05) is 39.0 Å². The van der Waals surface area contributed by atoms with Crippen LogP contribution in [0.15, 0.2) is 18.2 Å². The fourth-order valence-corrected chi connectivity index (χ4v) is 6.38. The van der Waals surface area contributed by atoms with Gasteiger partial charge in [0.2, 0.25) is 5.60 Å². The van der Waals surface area contributed by atoms with Crippen molar-refractivity contribution in [3.63, 3.8) is 0 Å². The van der Waals surface area contributed by atoms with Crippen LogP contribution in [0.3, 0.4) is 0 Å². The molecule has 2 fully saturated rings. The molecular weight excluding hydrogens is 390 g/mol. The first-order valence-electron chi connectivity index (χ1n) is 10.6. The molecule has 2 aliphatic rings. The molecule has 3 rings (SSSR count). The van der Waals surface area contributed by atoms with Crippen LogP contribution in [-0.2, 0) is 14.6 Å². The maximum Gasteiger partial charge on any atom is 0.267 e. The Morgan fingerprint density at radius 3 is 2.55 bits per heavy atom. The number of β-lactam (4-membered cyclic amide) rings is 1. The average molecular weight is 424 g/mol. The summed E-state index contributed by atoms with van der Waals surface area (Å²) in [6.45, 7) is 7.60. The van der Waals surface area contributed by atoms with Crippen molar-refractivity contribution in [2.45, 2.75) is 88.7 Å². The molecule has 6 nitrogen and oxygen atoms in total. The standard InChI is InChI=1S/C22H33NO5S/c1-5-7-12-22(28-18-10-8-15(3)13-16(18)4)20(25)23-21(22)14-17(9-11-19(21)24)29(26,27)6-2/h8,10,13,17,19,24H,5-7,9,11-12,14H2,1-4H3,(H,23,25). The Labute approximate surface area is 174 Å². The number of hydrogen-bond acceptors (Lipinski definition) is 5. The van der Waals surface area contributed by atoms with E-state index in [1.165, 1.54) is 0 Å². The van der Waals surface area contributed by atoms with Crippen LogP contribution in [0.4, 0.5) is 0 Å². The molecule has 29 heavy (non-hydrogen) atoms. The number of benzene rings is 1.